The summed E-state index contributed by atoms with van der Waals surface area (Å²) in [6.45, 7) is 1.09. The van der Waals surface area contributed by atoms with Crippen molar-refractivity contribution in [3.63, 3.8) is 0 Å². The highest BCUT2D eigenvalue weighted by molar-refractivity contribution is 5.43. The molecule has 1 saturated carbocycles. The molecule has 100 valence electrons. The fraction of sp³-hybridized carbons (Fsp3) is 0.615. The SMILES string of the molecule is COCCOc1ccc(NC2CCC(N)C2)cn1. The lowest BCUT2D eigenvalue weighted by molar-refractivity contribution is 0.144. The van der Waals surface area contributed by atoms with Crippen LogP contribution in [0.4, 0.5) is 5.69 Å². The number of nitrogens with zero attached hydrogens (tertiary/aromatic N) is 1. The van der Waals surface area contributed by atoms with E-state index in [1.54, 1.807) is 13.3 Å². The normalized spacial score (nSPS) is 23.0. The molecule has 0 bridgehead atoms. The quantitative estimate of drug-likeness (QED) is 0.748. The zero-order chi connectivity index (χ0) is 12.8. The lowest BCUT2D eigenvalue weighted by Crippen LogP contribution is -2.20. The van der Waals surface area contributed by atoms with Gasteiger partial charge in [-0.25, -0.2) is 4.98 Å². The molecule has 2 atom stereocenters. The van der Waals surface area contributed by atoms with Gasteiger partial charge in [-0.3, -0.25) is 0 Å². The number of nitrogens with one attached hydrogen (secondary N) is 1. The van der Waals surface area contributed by atoms with E-state index in [2.05, 4.69) is 10.3 Å². The van der Waals surface area contributed by atoms with Gasteiger partial charge < -0.3 is 20.5 Å². The fourth-order valence-corrected chi connectivity index (χ4v) is 2.16. The van der Waals surface area contributed by atoms with Crippen LogP contribution in [0, 0.1) is 0 Å². The monoisotopic (exact) mass is 251 g/mol. The molecule has 2 rings (SSSR count). The van der Waals surface area contributed by atoms with E-state index in [4.69, 9.17) is 15.2 Å². The first kappa shape index (κ1) is 13.1. The minimum atomic E-state index is 0.340. The molecule has 5 heteroatoms. The molecule has 1 fully saturated rings. The molecule has 18 heavy (non-hydrogen) atoms. The van der Waals surface area contributed by atoms with E-state index in [9.17, 15) is 0 Å². The zero-order valence-corrected chi connectivity index (χ0v) is 10.8. The van der Waals surface area contributed by atoms with Gasteiger partial charge in [0.1, 0.15) is 6.61 Å². The predicted molar refractivity (Wildman–Crippen MR) is 70.8 cm³/mol. The Bertz CT molecular complexity index is 356. The average molecular weight is 251 g/mol. The maximum absolute atomic E-state index is 5.88. The second kappa shape index (κ2) is 6.56. The number of nitrogens with two attached hydrogens (primary N) is 1. The van der Waals surface area contributed by atoms with Gasteiger partial charge in [0, 0.05) is 25.3 Å². The van der Waals surface area contributed by atoms with Crippen LogP contribution in [0.3, 0.4) is 0 Å². The predicted octanol–water partition coefficient (Wildman–Crippen LogP) is 1.40. The number of pyridine rings is 1. The summed E-state index contributed by atoms with van der Waals surface area (Å²) in [4.78, 5) is 4.24. The molecule has 1 aliphatic rings. The highest BCUT2D eigenvalue weighted by atomic mass is 16.5. The first-order chi connectivity index (χ1) is 8.78. The number of aromatic nitrogens is 1. The molecule has 5 nitrogen and oxygen atoms in total. The molecule has 0 radical (unpaired) electrons. The third-order valence-electron chi connectivity index (χ3n) is 3.12. The zero-order valence-electron chi connectivity index (χ0n) is 10.8. The van der Waals surface area contributed by atoms with Crippen LogP contribution in [0.1, 0.15) is 19.3 Å². The Morgan fingerprint density at radius 3 is 2.89 bits per heavy atom. The van der Waals surface area contributed by atoms with Gasteiger partial charge in [-0.15, -0.1) is 0 Å². The molecular weight excluding hydrogens is 230 g/mol. The second-order valence-corrected chi connectivity index (χ2v) is 4.64. The highest BCUT2D eigenvalue weighted by Crippen LogP contribution is 2.22. The van der Waals surface area contributed by atoms with Crippen molar-refractivity contribution in [2.45, 2.75) is 31.3 Å². The van der Waals surface area contributed by atoms with Gasteiger partial charge in [-0.2, -0.15) is 0 Å². The van der Waals surface area contributed by atoms with Crippen LogP contribution >= 0.6 is 0 Å². The minimum Gasteiger partial charge on any atom is -0.475 e. The van der Waals surface area contributed by atoms with Crippen molar-refractivity contribution in [2.24, 2.45) is 5.73 Å². The van der Waals surface area contributed by atoms with Gasteiger partial charge >= 0.3 is 0 Å². The van der Waals surface area contributed by atoms with Crippen molar-refractivity contribution in [2.75, 3.05) is 25.6 Å². The molecule has 1 aromatic heterocycles. The van der Waals surface area contributed by atoms with Crippen LogP contribution in [0.5, 0.6) is 5.88 Å². The molecule has 2 unspecified atom stereocenters. The smallest absolute Gasteiger partial charge is 0.213 e. The number of rotatable bonds is 6. The molecule has 1 aromatic rings. The van der Waals surface area contributed by atoms with Crippen LogP contribution in [0.25, 0.3) is 0 Å². The van der Waals surface area contributed by atoms with Gasteiger partial charge in [0.2, 0.25) is 5.88 Å². The minimum absolute atomic E-state index is 0.340. The number of hydrogen-bond donors (Lipinski definition) is 2. The van der Waals surface area contributed by atoms with E-state index in [-0.39, 0.29) is 0 Å². The topological polar surface area (TPSA) is 69.4 Å². The van der Waals surface area contributed by atoms with Crippen molar-refractivity contribution in [1.29, 1.82) is 0 Å². The Balaban J connectivity index is 1.80. The Labute approximate surface area is 108 Å². The van der Waals surface area contributed by atoms with E-state index in [0.29, 0.717) is 31.2 Å². The standard InChI is InChI=1S/C13H21N3O2/c1-17-6-7-18-13-5-4-12(9-15-13)16-11-3-2-10(14)8-11/h4-5,9-11,16H,2-3,6-8,14H2,1H3. The largest absolute Gasteiger partial charge is 0.475 e. The lowest BCUT2D eigenvalue weighted by atomic mass is 10.2. The van der Waals surface area contributed by atoms with Gasteiger partial charge in [0.15, 0.2) is 0 Å². The van der Waals surface area contributed by atoms with Crippen molar-refractivity contribution < 1.29 is 9.47 Å². The average Bonchev–Trinajstić information content (AvgIpc) is 2.77. The molecule has 0 amide bonds. The molecular formula is C13H21N3O2. The van der Waals surface area contributed by atoms with E-state index >= 15 is 0 Å². The van der Waals surface area contributed by atoms with Crippen LogP contribution in [-0.4, -0.2) is 37.4 Å². The molecule has 1 heterocycles. The lowest BCUT2D eigenvalue weighted by Gasteiger charge is -2.13. The Morgan fingerprint density at radius 2 is 2.28 bits per heavy atom. The van der Waals surface area contributed by atoms with Crippen molar-refractivity contribution >= 4 is 5.69 Å². The first-order valence-electron chi connectivity index (χ1n) is 6.38. The molecule has 0 saturated heterocycles. The third-order valence-corrected chi connectivity index (χ3v) is 3.12. The first-order valence-corrected chi connectivity index (χ1v) is 6.38. The van der Waals surface area contributed by atoms with Crippen LogP contribution in [0.2, 0.25) is 0 Å². The van der Waals surface area contributed by atoms with Gasteiger partial charge in [-0.05, 0) is 25.3 Å². The van der Waals surface area contributed by atoms with E-state index in [1.807, 2.05) is 12.1 Å². The molecule has 0 aromatic carbocycles. The highest BCUT2D eigenvalue weighted by Gasteiger charge is 2.21. The van der Waals surface area contributed by atoms with Gasteiger partial charge in [-0.1, -0.05) is 0 Å². The summed E-state index contributed by atoms with van der Waals surface area (Å²) in [5.41, 5.74) is 6.90. The maximum atomic E-state index is 5.88. The van der Waals surface area contributed by atoms with Crippen LogP contribution in [-0.2, 0) is 4.74 Å². The summed E-state index contributed by atoms with van der Waals surface area (Å²) in [5.74, 6) is 0.626. The van der Waals surface area contributed by atoms with Gasteiger partial charge in [0.05, 0.1) is 18.5 Å². The van der Waals surface area contributed by atoms with Crippen molar-refractivity contribution in [1.82, 2.24) is 4.98 Å². The Hall–Kier alpha value is -1.33. The third kappa shape index (κ3) is 3.85. The number of hydrogen-bond acceptors (Lipinski definition) is 5. The molecule has 0 spiro atoms. The van der Waals surface area contributed by atoms with E-state index < -0.39 is 0 Å². The summed E-state index contributed by atoms with van der Waals surface area (Å²) in [6, 6.07) is 4.67. The maximum Gasteiger partial charge on any atom is 0.213 e. The van der Waals surface area contributed by atoms with Crippen LogP contribution in [0.15, 0.2) is 18.3 Å². The summed E-state index contributed by atoms with van der Waals surface area (Å²) in [6.07, 6.45) is 5.06. The number of ether oxygens (including phenoxy) is 2. The van der Waals surface area contributed by atoms with Gasteiger partial charge in [0.25, 0.3) is 0 Å². The summed E-state index contributed by atoms with van der Waals surface area (Å²) < 4.78 is 10.3. The Kier molecular flexibility index (Phi) is 4.78. The van der Waals surface area contributed by atoms with Crippen LogP contribution < -0.4 is 15.8 Å². The van der Waals surface area contributed by atoms with E-state index in [1.165, 1.54) is 0 Å². The molecule has 0 aliphatic heterocycles. The molecule has 1 aliphatic carbocycles. The fourth-order valence-electron chi connectivity index (χ4n) is 2.16. The Morgan fingerprint density at radius 1 is 1.39 bits per heavy atom. The number of methoxy groups -OCH3 is 1. The summed E-state index contributed by atoms with van der Waals surface area (Å²) in [5, 5.41) is 3.44. The van der Waals surface area contributed by atoms with Crippen molar-refractivity contribution in [3.8, 4) is 5.88 Å². The number of anilines is 1. The van der Waals surface area contributed by atoms with E-state index in [0.717, 1.165) is 24.9 Å². The summed E-state index contributed by atoms with van der Waals surface area (Å²) in [7, 11) is 1.65. The second-order valence-electron chi connectivity index (χ2n) is 4.64. The molecule has 3 N–H and O–H groups in total. The van der Waals surface area contributed by atoms with Crippen molar-refractivity contribution in [3.05, 3.63) is 18.3 Å². The summed E-state index contributed by atoms with van der Waals surface area (Å²) >= 11 is 0.